The van der Waals surface area contributed by atoms with E-state index in [2.05, 4.69) is 30.4 Å². The summed E-state index contributed by atoms with van der Waals surface area (Å²) in [7, 11) is 1.76. The molecular formula is C15H21NO. The van der Waals surface area contributed by atoms with Crippen LogP contribution >= 0.6 is 0 Å². The van der Waals surface area contributed by atoms with Gasteiger partial charge in [0.2, 0.25) is 0 Å². The minimum Gasteiger partial charge on any atom is -0.496 e. The number of ether oxygens (including phenoxy) is 1. The van der Waals surface area contributed by atoms with Crippen molar-refractivity contribution in [2.75, 3.05) is 7.11 Å². The van der Waals surface area contributed by atoms with E-state index >= 15 is 0 Å². The molecule has 0 bridgehead atoms. The Labute approximate surface area is 103 Å². The van der Waals surface area contributed by atoms with E-state index in [-0.39, 0.29) is 0 Å². The molecule has 3 rings (SSSR count). The molecule has 0 amide bonds. The van der Waals surface area contributed by atoms with Gasteiger partial charge in [0.25, 0.3) is 0 Å². The fourth-order valence-electron chi connectivity index (χ4n) is 2.87. The first-order valence-corrected chi connectivity index (χ1v) is 6.67. The maximum atomic E-state index is 5.43. The van der Waals surface area contributed by atoms with Gasteiger partial charge in [-0.1, -0.05) is 25.1 Å². The molecule has 2 aliphatic rings. The third kappa shape index (κ3) is 2.19. The summed E-state index contributed by atoms with van der Waals surface area (Å²) in [6.07, 6.45) is 3.91. The average Bonchev–Trinajstić information content (AvgIpc) is 2.99. The van der Waals surface area contributed by atoms with Crippen molar-refractivity contribution in [3.05, 3.63) is 29.8 Å². The summed E-state index contributed by atoms with van der Waals surface area (Å²) in [6.45, 7) is 2.33. The van der Waals surface area contributed by atoms with E-state index in [4.69, 9.17) is 4.74 Å². The van der Waals surface area contributed by atoms with E-state index in [0.29, 0.717) is 5.92 Å². The van der Waals surface area contributed by atoms with Crippen LogP contribution in [0.5, 0.6) is 5.75 Å². The van der Waals surface area contributed by atoms with E-state index in [1.54, 1.807) is 7.11 Å². The Bertz CT molecular complexity index is 398. The quantitative estimate of drug-likeness (QED) is 0.860. The third-order valence-corrected chi connectivity index (χ3v) is 4.28. The van der Waals surface area contributed by atoms with Gasteiger partial charge in [-0.25, -0.2) is 0 Å². The number of rotatable bonds is 4. The molecule has 1 N–H and O–H groups in total. The van der Waals surface area contributed by atoms with Crippen LogP contribution in [0.15, 0.2) is 24.3 Å². The zero-order valence-electron chi connectivity index (χ0n) is 10.6. The molecule has 17 heavy (non-hydrogen) atoms. The molecule has 2 unspecified atom stereocenters. The van der Waals surface area contributed by atoms with Gasteiger partial charge in [-0.2, -0.15) is 0 Å². The predicted molar refractivity (Wildman–Crippen MR) is 69.5 cm³/mol. The number of hydrogen-bond donors (Lipinski definition) is 1. The summed E-state index contributed by atoms with van der Waals surface area (Å²) < 4.78 is 5.43. The van der Waals surface area contributed by atoms with Crippen molar-refractivity contribution < 1.29 is 4.74 Å². The summed E-state index contributed by atoms with van der Waals surface area (Å²) in [5.41, 5.74) is 1.39. The van der Waals surface area contributed by atoms with Gasteiger partial charge >= 0.3 is 0 Å². The maximum Gasteiger partial charge on any atom is 0.122 e. The van der Waals surface area contributed by atoms with Crippen molar-refractivity contribution in [1.82, 2.24) is 5.32 Å². The van der Waals surface area contributed by atoms with Gasteiger partial charge in [0, 0.05) is 12.1 Å². The highest BCUT2D eigenvalue weighted by molar-refractivity contribution is 5.37. The number of benzene rings is 1. The lowest BCUT2D eigenvalue weighted by Crippen LogP contribution is -2.41. The molecule has 2 nitrogen and oxygen atoms in total. The zero-order chi connectivity index (χ0) is 11.8. The Morgan fingerprint density at radius 1 is 1.18 bits per heavy atom. The third-order valence-electron chi connectivity index (χ3n) is 4.28. The lowest BCUT2D eigenvalue weighted by atomic mass is 9.75. The number of para-hydroxylation sites is 1. The van der Waals surface area contributed by atoms with Crippen molar-refractivity contribution in [3.8, 4) is 5.75 Å². The van der Waals surface area contributed by atoms with Crippen molar-refractivity contribution in [2.24, 2.45) is 5.92 Å². The Morgan fingerprint density at radius 3 is 2.53 bits per heavy atom. The van der Waals surface area contributed by atoms with Crippen LogP contribution in [0.1, 0.15) is 37.7 Å². The van der Waals surface area contributed by atoms with Crippen LogP contribution < -0.4 is 10.1 Å². The van der Waals surface area contributed by atoms with E-state index < -0.39 is 0 Å². The predicted octanol–water partition coefficient (Wildman–Crippen LogP) is 2.94. The molecular weight excluding hydrogens is 210 g/mol. The molecule has 2 aliphatic carbocycles. The summed E-state index contributed by atoms with van der Waals surface area (Å²) in [5, 5.41) is 3.74. The van der Waals surface area contributed by atoms with Crippen molar-refractivity contribution in [1.29, 1.82) is 0 Å². The fraction of sp³-hybridized carbons (Fsp3) is 0.600. The molecule has 0 radical (unpaired) electrons. The Hall–Kier alpha value is -1.02. The Morgan fingerprint density at radius 2 is 1.88 bits per heavy atom. The Kier molecular flexibility index (Phi) is 2.83. The molecule has 1 aromatic carbocycles. The highest BCUT2D eigenvalue weighted by Crippen LogP contribution is 2.42. The van der Waals surface area contributed by atoms with E-state index in [1.165, 1.54) is 24.8 Å². The first kappa shape index (κ1) is 11.1. The summed E-state index contributed by atoms with van der Waals surface area (Å²) >= 11 is 0. The standard InChI is InChI=1S/C15H21NO/c1-10-7-14(10)16-12-8-11(9-12)13-5-3-4-6-15(13)17-2/h3-6,10-12,14,16H,7-9H2,1-2H3. The summed E-state index contributed by atoms with van der Waals surface area (Å²) in [6, 6.07) is 9.97. The first-order valence-electron chi connectivity index (χ1n) is 6.67. The van der Waals surface area contributed by atoms with Gasteiger partial charge in [0.1, 0.15) is 5.75 Å². The van der Waals surface area contributed by atoms with Crippen molar-refractivity contribution in [2.45, 2.75) is 44.2 Å². The van der Waals surface area contributed by atoms with Crippen LogP contribution in [0.3, 0.4) is 0 Å². The number of nitrogens with one attached hydrogen (secondary N) is 1. The van der Waals surface area contributed by atoms with Gasteiger partial charge in [-0.05, 0) is 42.7 Å². The molecule has 0 aliphatic heterocycles. The van der Waals surface area contributed by atoms with E-state index in [0.717, 1.165) is 23.8 Å². The normalized spacial score (nSPS) is 35.2. The van der Waals surface area contributed by atoms with E-state index in [9.17, 15) is 0 Å². The molecule has 2 heteroatoms. The molecule has 92 valence electrons. The van der Waals surface area contributed by atoms with E-state index in [1.807, 2.05) is 6.07 Å². The van der Waals surface area contributed by atoms with Crippen LogP contribution in [-0.4, -0.2) is 19.2 Å². The highest BCUT2D eigenvalue weighted by atomic mass is 16.5. The minimum absolute atomic E-state index is 0.692. The monoisotopic (exact) mass is 231 g/mol. The maximum absolute atomic E-state index is 5.43. The van der Waals surface area contributed by atoms with Gasteiger partial charge in [0.15, 0.2) is 0 Å². The second-order valence-electron chi connectivity index (χ2n) is 5.59. The zero-order valence-corrected chi connectivity index (χ0v) is 10.6. The SMILES string of the molecule is COc1ccccc1C1CC(NC2CC2C)C1. The molecule has 2 fully saturated rings. The van der Waals surface area contributed by atoms with Gasteiger partial charge < -0.3 is 10.1 Å². The summed E-state index contributed by atoms with van der Waals surface area (Å²) in [5.74, 6) is 2.65. The summed E-state index contributed by atoms with van der Waals surface area (Å²) in [4.78, 5) is 0. The molecule has 0 aromatic heterocycles. The highest BCUT2D eigenvalue weighted by Gasteiger charge is 2.39. The number of hydrogen-bond acceptors (Lipinski definition) is 2. The van der Waals surface area contributed by atoms with Crippen molar-refractivity contribution >= 4 is 0 Å². The molecule has 0 spiro atoms. The molecule has 0 saturated heterocycles. The van der Waals surface area contributed by atoms with Crippen LogP contribution in [-0.2, 0) is 0 Å². The van der Waals surface area contributed by atoms with Gasteiger partial charge in [0.05, 0.1) is 7.11 Å². The van der Waals surface area contributed by atoms with Crippen LogP contribution in [0.4, 0.5) is 0 Å². The minimum atomic E-state index is 0.692. The topological polar surface area (TPSA) is 21.3 Å². The van der Waals surface area contributed by atoms with Crippen LogP contribution in [0, 0.1) is 5.92 Å². The second kappa shape index (κ2) is 4.34. The molecule has 1 aromatic rings. The number of methoxy groups -OCH3 is 1. The van der Waals surface area contributed by atoms with Gasteiger partial charge in [-0.3, -0.25) is 0 Å². The molecule has 2 atom stereocenters. The lowest BCUT2D eigenvalue weighted by Gasteiger charge is -2.37. The fourth-order valence-corrected chi connectivity index (χ4v) is 2.87. The van der Waals surface area contributed by atoms with Crippen LogP contribution in [0.25, 0.3) is 0 Å². The van der Waals surface area contributed by atoms with Crippen LogP contribution in [0.2, 0.25) is 0 Å². The van der Waals surface area contributed by atoms with Gasteiger partial charge in [-0.15, -0.1) is 0 Å². The Balaban J connectivity index is 1.57. The van der Waals surface area contributed by atoms with Crippen molar-refractivity contribution in [3.63, 3.8) is 0 Å². The largest absolute Gasteiger partial charge is 0.496 e. The first-order chi connectivity index (χ1) is 8.28. The average molecular weight is 231 g/mol. The molecule has 0 heterocycles. The lowest BCUT2D eigenvalue weighted by molar-refractivity contribution is 0.278. The smallest absolute Gasteiger partial charge is 0.122 e. The second-order valence-corrected chi connectivity index (χ2v) is 5.59. The molecule has 2 saturated carbocycles.